The first-order valence-electron chi connectivity index (χ1n) is 10.5. The number of likely N-dealkylation sites (N-methyl/N-ethyl adjacent to an activating group) is 1. The van der Waals surface area contributed by atoms with Gasteiger partial charge < -0.3 is 24.6 Å². The summed E-state index contributed by atoms with van der Waals surface area (Å²) < 4.78 is 10.2. The Morgan fingerprint density at radius 3 is 2.21 bits per heavy atom. The first-order valence-corrected chi connectivity index (χ1v) is 10.5. The third kappa shape index (κ3) is 8.33. The molecule has 0 aromatic heterocycles. The number of hydrogen-bond acceptors (Lipinski definition) is 6. The molecule has 0 spiro atoms. The van der Waals surface area contributed by atoms with Crippen molar-refractivity contribution in [1.29, 1.82) is 0 Å². The number of methoxy groups -OCH3 is 1. The molecule has 0 saturated carbocycles. The number of nitrogens with zero attached hydrogens (tertiary/aromatic N) is 2. The van der Waals surface area contributed by atoms with E-state index in [2.05, 4.69) is 5.32 Å². The van der Waals surface area contributed by atoms with Crippen LogP contribution in [0.4, 0.5) is 5.69 Å². The Bertz CT molecular complexity index is 969. The lowest BCUT2D eigenvalue weighted by Crippen LogP contribution is -2.40. The van der Waals surface area contributed by atoms with Crippen LogP contribution in [-0.2, 0) is 25.7 Å². The van der Waals surface area contributed by atoms with E-state index in [1.165, 1.54) is 17.9 Å². The van der Waals surface area contributed by atoms with Crippen LogP contribution in [-0.4, -0.2) is 63.6 Å². The van der Waals surface area contributed by atoms with Gasteiger partial charge in [-0.2, -0.15) is 0 Å². The molecule has 0 unspecified atom stereocenters. The molecular formula is C25H31N3O5. The largest absolute Gasteiger partial charge is 0.497 e. The average Bonchev–Trinajstić information content (AvgIpc) is 2.81. The van der Waals surface area contributed by atoms with E-state index in [-0.39, 0.29) is 5.91 Å². The molecule has 0 heterocycles. The summed E-state index contributed by atoms with van der Waals surface area (Å²) in [5, 5.41) is 2.53. The maximum absolute atomic E-state index is 12.3. The maximum Gasteiger partial charge on any atom is 0.328 e. The van der Waals surface area contributed by atoms with Crippen molar-refractivity contribution in [2.75, 3.05) is 39.8 Å². The molecule has 2 aromatic rings. The van der Waals surface area contributed by atoms with E-state index in [0.717, 1.165) is 22.6 Å². The molecule has 2 aromatic carbocycles. The summed E-state index contributed by atoms with van der Waals surface area (Å²) in [6.07, 6.45) is 2.95. The smallest absolute Gasteiger partial charge is 0.328 e. The van der Waals surface area contributed by atoms with Crippen molar-refractivity contribution in [3.05, 3.63) is 65.7 Å². The standard InChI is InChI=1S/C25H31N3O5/c1-18(26-23(29)15-10-19-8-13-22(32-5)14-9-19)25(31)33-17-24(30)28(4)16-20-6-11-21(12-7-20)27(2)3/h6-15,18H,16-17H2,1-5H3,(H,26,29)/b15-10+/t18-/m0/s1. The lowest BCUT2D eigenvalue weighted by atomic mass is 10.2. The van der Waals surface area contributed by atoms with Crippen molar-refractivity contribution < 1.29 is 23.9 Å². The van der Waals surface area contributed by atoms with Gasteiger partial charge in [-0.05, 0) is 48.4 Å². The van der Waals surface area contributed by atoms with Gasteiger partial charge in [0, 0.05) is 39.5 Å². The highest BCUT2D eigenvalue weighted by Gasteiger charge is 2.18. The van der Waals surface area contributed by atoms with Crippen molar-refractivity contribution in [3.63, 3.8) is 0 Å². The van der Waals surface area contributed by atoms with Crippen molar-refractivity contribution in [2.24, 2.45) is 0 Å². The fraction of sp³-hybridized carbons (Fsp3) is 0.320. The van der Waals surface area contributed by atoms with Crippen molar-refractivity contribution in [1.82, 2.24) is 10.2 Å². The van der Waals surface area contributed by atoms with Crippen LogP contribution in [0.3, 0.4) is 0 Å². The number of ether oxygens (including phenoxy) is 2. The zero-order valence-corrected chi connectivity index (χ0v) is 19.7. The van der Waals surface area contributed by atoms with Crippen molar-refractivity contribution in [2.45, 2.75) is 19.5 Å². The third-order valence-electron chi connectivity index (χ3n) is 4.89. The molecule has 1 N–H and O–H groups in total. The zero-order chi connectivity index (χ0) is 24.4. The van der Waals surface area contributed by atoms with Gasteiger partial charge in [-0.25, -0.2) is 4.79 Å². The maximum atomic E-state index is 12.3. The minimum absolute atomic E-state index is 0.335. The second-order valence-electron chi connectivity index (χ2n) is 7.76. The number of hydrogen-bond donors (Lipinski definition) is 1. The monoisotopic (exact) mass is 453 g/mol. The molecule has 0 fully saturated rings. The molecule has 0 saturated heterocycles. The van der Waals surface area contributed by atoms with Crippen LogP contribution < -0.4 is 15.0 Å². The van der Waals surface area contributed by atoms with Gasteiger partial charge in [-0.15, -0.1) is 0 Å². The molecule has 33 heavy (non-hydrogen) atoms. The number of carbonyl (C=O) groups is 3. The Labute approximate surface area is 194 Å². The third-order valence-corrected chi connectivity index (χ3v) is 4.89. The SMILES string of the molecule is COc1ccc(/C=C/C(=O)N[C@@H](C)C(=O)OCC(=O)N(C)Cc2ccc(N(C)C)cc2)cc1. The molecule has 0 aliphatic rings. The van der Waals surface area contributed by atoms with E-state index < -0.39 is 24.5 Å². The predicted molar refractivity (Wildman–Crippen MR) is 128 cm³/mol. The molecular weight excluding hydrogens is 422 g/mol. The Hall–Kier alpha value is -3.81. The number of esters is 1. The minimum atomic E-state index is -0.894. The average molecular weight is 454 g/mol. The summed E-state index contributed by atoms with van der Waals surface area (Å²) in [6, 6.07) is 14.1. The topological polar surface area (TPSA) is 88.2 Å². The quantitative estimate of drug-likeness (QED) is 0.439. The van der Waals surface area contributed by atoms with Crippen LogP contribution in [0.5, 0.6) is 5.75 Å². The second kappa shape index (κ2) is 12.3. The van der Waals surface area contributed by atoms with Crippen LogP contribution in [0.1, 0.15) is 18.1 Å². The Kier molecular flexibility index (Phi) is 9.47. The summed E-state index contributed by atoms with van der Waals surface area (Å²) in [6.45, 7) is 1.50. The first kappa shape index (κ1) is 25.5. The Morgan fingerprint density at radius 1 is 1.00 bits per heavy atom. The molecule has 0 bridgehead atoms. The Balaban J connectivity index is 1.76. The second-order valence-corrected chi connectivity index (χ2v) is 7.76. The summed E-state index contributed by atoms with van der Waals surface area (Å²) in [7, 11) is 7.14. The van der Waals surface area contributed by atoms with Gasteiger partial charge in [0.05, 0.1) is 7.11 Å². The normalized spacial score (nSPS) is 11.5. The van der Waals surface area contributed by atoms with Crippen LogP contribution in [0.15, 0.2) is 54.6 Å². The van der Waals surface area contributed by atoms with E-state index in [1.54, 1.807) is 44.5 Å². The molecule has 2 amide bonds. The van der Waals surface area contributed by atoms with Gasteiger partial charge in [0.15, 0.2) is 6.61 Å². The van der Waals surface area contributed by atoms with Gasteiger partial charge in [0.25, 0.3) is 5.91 Å². The molecule has 0 radical (unpaired) electrons. The summed E-state index contributed by atoms with van der Waals surface area (Å²) in [5.74, 6) is -0.744. The van der Waals surface area contributed by atoms with Crippen molar-refractivity contribution in [3.8, 4) is 5.75 Å². The van der Waals surface area contributed by atoms with Crippen LogP contribution >= 0.6 is 0 Å². The lowest BCUT2D eigenvalue weighted by molar-refractivity contribution is -0.153. The van der Waals surface area contributed by atoms with Crippen LogP contribution in [0.2, 0.25) is 0 Å². The lowest BCUT2D eigenvalue weighted by Gasteiger charge is -2.19. The number of anilines is 1. The van der Waals surface area contributed by atoms with Gasteiger partial charge in [0.2, 0.25) is 5.91 Å². The molecule has 8 nitrogen and oxygen atoms in total. The van der Waals surface area contributed by atoms with Crippen molar-refractivity contribution >= 4 is 29.5 Å². The number of rotatable bonds is 10. The predicted octanol–water partition coefficient (Wildman–Crippen LogP) is 2.48. The van der Waals surface area contributed by atoms with E-state index >= 15 is 0 Å². The van der Waals surface area contributed by atoms with E-state index in [0.29, 0.717) is 6.54 Å². The number of amides is 2. The minimum Gasteiger partial charge on any atom is -0.497 e. The molecule has 0 aliphatic heterocycles. The first-order chi connectivity index (χ1) is 15.7. The number of benzene rings is 2. The summed E-state index contributed by atoms with van der Waals surface area (Å²) in [4.78, 5) is 40.0. The van der Waals surface area contributed by atoms with Gasteiger partial charge >= 0.3 is 5.97 Å². The molecule has 176 valence electrons. The van der Waals surface area contributed by atoms with Crippen LogP contribution in [0.25, 0.3) is 6.08 Å². The fourth-order valence-electron chi connectivity index (χ4n) is 2.84. The molecule has 1 atom stereocenters. The van der Waals surface area contributed by atoms with E-state index in [4.69, 9.17) is 9.47 Å². The van der Waals surface area contributed by atoms with E-state index in [9.17, 15) is 14.4 Å². The zero-order valence-electron chi connectivity index (χ0n) is 19.7. The van der Waals surface area contributed by atoms with E-state index in [1.807, 2.05) is 43.3 Å². The highest BCUT2D eigenvalue weighted by Crippen LogP contribution is 2.14. The fourth-order valence-corrected chi connectivity index (χ4v) is 2.84. The van der Waals surface area contributed by atoms with Gasteiger partial charge in [-0.1, -0.05) is 24.3 Å². The summed E-state index contributed by atoms with van der Waals surface area (Å²) in [5.41, 5.74) is 2.84. The van der Waals surface area contributed by atoms with Gasteiger partial charge in [-0.3, -0.25) is 9.59 Å². The summed E-state index contributed by atoms with van der Waals surface area (Å²) >= 11 is 0. The van der Waals surface area contributed by atoms with Gasteiger partial charge in [0.1, 0.15) is 11.8 Å². The van der Waals surface area contributed by atoms with Crippen LogP contribution in [0, 0.1) is 0 Å². The highest BCUT2D eigenvalue weighted by molar-refractivity contribution is 5.94. The molecule has 0 aliphatic carbocycles. The molecule has 2 rings (SSSR count). The Morgan fingerprint density at radius 2 is 1.64 bits per heavy atom. The highest BCUT2D eigenvalue weighted by atomic mass is 16.5. The number of nitrogens with one attached hydrogen (secondary N) is 1. The number of carbonyl (C=O) groups excluding carboxylic acids is 3. The molecule has 8 heteroatoms.